The average molecular weight is 320 g/mol. The number of carbonyl (C=O) groups is 3. The van der Waals surface area contributed by atoms with Crippen LogP contribution < -0.4 is 5.32 Å². The van der Waals surface area contributed by atoms with E-state index in [0.29, 0.717) is 10.5 Å². The van der Waals surface area contributed by atoms with Crippen molar-refractivity contribution in [2.24, 2.45) is 5.92 Å². The molecular weight excluding hydrogens is 303 g/mol. The van der Waals surface area contributed by atoms with Crippen molar-refractivity contribution in [2.75, 3.05) is 0 Å². The van der Waals surface area contributed by atoms with Crippen molar-refractivity contribution < 1.29 is 23.9 Å². The van der Waals surface area contributed by atoms with Crippen LogP contribution in [-0.2, 0) is 9.59 Å². The van der Waals surface area contributed by atoms with Gasteiger partial charge in [0.15, 0.2) is 0 Å². The van der Waals surface area contributed by atoms with E-state index in [1.807, 2.05) is 0 Å². The fourth-order valence-electron chi connectivity index (χ4n) is 2.97. The number of hydrogen-bond acceptors (Lipinski definition) is 3. The lowest BCUT2D eigenvalue weighted by atomic mass is 9.92. The molecule has 0 radical (unpaired) electrons. The maximum atomic E-state index is 15.0. The first-order valence-corrected chi connectivity index (χ1v) is 7.45. The first-order valence-electron chi connectivity index (χ1n) is 7.45. The monoisotopic (exact) mass is 320 g/mol. The van der Waals surface area contributed by atoms with Crippen LogP contribution in [0.5, 0.6) is 0 Å². The normalized spacial score (nSPS) is 30.3. The van der Waals surface area contributed by atoms with Crippen LogP contribution >= 0.6 is 0 Å². The van der Waals surface area contributed by atoms with Crippen LogP contribution in [0.1, 0.15) is 31.4 Å². The van der Waals surface area contributed by atoms with Gasteiger partial charge in [0, 0.05) is 5.92 Å². The molecule has 0 bridgehead atoms. The molecule has 3 atom stereocenters. The van der Waals surface area contributed by atoms with E-state index in [0.717, 1.165) is 19.8 Å². The van der Waals surface area contributed by atoms with Crippen molar-refractivity contribution >= 4 is 17.9 Å². The third kappa shape index (κ3) is 2.56. The number of rotatable bonds is 3. The van der Waals surface area contributed by atoms with Crippen molar-refractivity contribution in [1.29, 1.82) is 0 Å². The second kappa shape index (κ2) is 5.33. The quantitative estimate of drug-likeness (QED) is 0.890. The summed E-state index contributed by atoms with van der Waals surface area (Å²) < 4.78 is 15.0. The van der Waals surface area contributed by atoms with E-state index in [9.17, 15) is 23.9 Å². The van der Waals surface area contributed by atoms with E-state index in [2.05, 4.69) is 5.32 Å². The summed E-state index contributed by atoms with van der Waals surface area (Å²) in [5.41, 5.74) is -2.02. The number of amides is 3. The Morgan fingerprint density at radius 3 is 2.43 bits per heavy atom. The number of benzene rings is 1. The third-order valence-corrected chi connectivity index (χ3v) is 4.41. The van der Waals surface area contributed by atoms with Gasteiger partial charge in [-0.05, 0) is 25.3 Å². The SMILES string of the molecule is CC1(F)C(=O)N(C(=O)O)[C@H](c2ccccc2)[C@H]1NC(=O)C1CC1. The molecule has 122 valence electrons. The van der Waals surface area contributed by atoms with Crippen LogP contribution in [0.2, 0.25) is 0 Å². The fraction of sp³-hybridized carbons (Fsp3) is 0.438. The van der Waals surface area contributed by atoms with Crippen molar-refractivity contribution in [1.82, 2.24) is 10.2 Å². The number of likely N-dealkylation sites (tertiary alicyclic amines) is 1. The Morgan fingerprint density at radius 1 is 1.30 bits per heavy atom. The molecule has 1 heterocycles. The second-order valence-corrected chi connectivity index (χ2v) is 6.15. The Labute approximate surface area is 132 Å². The molecule has 6 nitrogen and oxygen atoms in total. The van der Waals surface area contributed by atoms with E-state index in [-0.39, 0.29) is 11.8 Å². The number of imide groups is 1. The number of carbonyl (C=O) groups excluding carboxylic acids is 2. The Kier molecular flexibility index (Phi) is 3.58. The minimum Gasteiger partial charge on any atom is -0.465 e. The molecule has 2 aliphatic rings. The first kappa shape index (κ1) is 15.5. The highest BCUT2D eigenvalue weighted by Crippen LogP contribution is 2.42. The lowest BCUT2D eigenvalue weighted by Gasteiger charge is -2.27. The molecule has 1 unspecified atom stereocenters. The second-order valence-electron chi connectivity index (χ2n) is 6.15. The largest absolute Gasteiger partial charge is 0.465 e. The molecule has 2 N–H and O–H groups in total. The number of nitrogens with one attached hydrogen (secondary N) is 1. The molecule has 1 aromatic carbocycles. The van der Waals surface area contributed by atoms with Gasteiger partial charge in [0.1, 0.15) is 0 Å². The maximum Gasteiger partial charge on any atom is 0.414 e. The van der Waals surface area contributed by atoms with Gasteiger partial charge in [-0.2, -0.15) is 0 Å². The molecule has 23 heavy (non-hydrogen) atoms. The molecule has 1 aliphatic carbocycles. The van der Waals surface area contributed by atoms with Gasteiger partial charge in [0.2, 0.25) is 11.6 Å². The number of hydrogen-bond donors (Lipinski definition) is 2. The van der Waals surface area contributed by atoms with Gasteiger partial charge in [0.25, 0.3) is 5.91 Å². The third-order valence-electron chi connectivity index (χ3n) is 4.41. The van der Waals surface area contributed by atoms with Gasteiger partial charge in [-0.1, -0.05) is 30.3 Å². The summed E-state index contributed by atoms with van der Waals surface area (Å²) in [6, 6.07) is 5.98. The Hall–Kier alpha value is -2.44. The van der Waals surface area contributed by atoms with Crippen LogP contribution in [-0.4, -0.2) is 39.6 Å². The Balaban J connectivity index is 2.02. The lowest BCUT2D eigenvalue weighted by molar-refractivity contribution is -0.136. The van der Waals surface area contributed by atoms with Gasteiger partial charge in [0.05, 0.1) is 12.1 Å². The van der Waals surface area contributed by atoms with E-state index in [1.54, 1.807) is 30.3 Å². The zero-order chi connectivity index (χ0) is 16.8. The van der Waals surface area contributed by atoms with Gasteiger partial charge >= 0.3 is 6.09 Å². The highest BCUT2D eigenvalue weighted by molar-refractivity contribution is 6.00. The molecule has 0 spiro atoms. The predicted octanol–water partition coefficient (Wildman–Crippen LogP) is 1.87. The van der Waals surface area contributed by atoms with Crippen LogP contribution in [0.4, 0.5) is 9.18 Å². The minimum absolute atomic E-state index is 0.170. The van der Waals surface area contributed by atoms with Gasteiger partial charge < -0.3 is 10.4 Å². The van der Waals surface area contributed by atoms with E-state index >= 15 is 0 Å². The van der Waals surface area contributed by atoms with Crippen molar-refractivity contribution in [3.8, 4) is 0 Å². The van der Waals surface area contributed by atoms with Crippen molar-refractivity contribution in [3.05, 3.63) is 35.9 Å². The molecule has 1 saturated carbocycles. The number of halogens is 1. The Bertz CT molecular complexity index is 657. The summed E-state index contributed by atoms with van der Waals surface area (Å²) in [4.78, 5) is 36.3. The summed E-state index contributed by atoms with van der Waals surface area (Å²) in [5, 5.41) is 11.9. The smallest absolute Gasteiger partial charge is 0.414 e. The van der Waals surface area contributed by atoms with Crippen molar-refractivity contribution in [2.45, 2.75) is 37.5 Å². The molecule has 3 amide bonds. The van der Waals surface area contributed by atoms with Crippen LogP contribution in [0, 0.1) is 5.92 Å². The number of alkyl halides is 1. The number of nitrogens with zero attached hydrogens (tertiary/aromatic N) is 1. The van der Waals surface area contributed by atoms with Crippen LogP contribution in [0.3, 0.4) is 0 Å². The molecule has 3 rings (SSSR count). The fourth-order valence-corrected chi connectivity index (χ4v) is 2.97. The van der Waals surface area contributed by atoms with E-state index in [1.165, 1.54) is 0 Å². The number of carboxylic acid groups (broad SMARTS) is 1. The average Bonchev–Trinajstić information content (AvgIpc) is 3.32. The van der Waals surface area contributed by atoms with Crippen LogP contribution in [0.25, 0.3) is 0 Å². The Morgan fingerprint density at radius 2 is 1.91 bits per heavy atom. The lowest BCUT2D eigenvalue weighted by Crippen LogP contribution is -2.50. The molecule has 1 aliphatic heterocycles. The zero-order valence-corrected chi connectivity index (χ0v) is 12.5. The summed E-state index contributed by atoms with van der Waals surface area (Å²) in [5.74, 6) is -1.66. The summed E-state index contributed by atoms with van der Waals surface area (Å²) in [6.07, 6.45) is -0.0710. The predicted molar refractivity (Wildman–Crippen MR) is 78.2 cm³/mol. The van der Waals surface area contributed by atoms with Crippen molar-refractivity contribution in [3.63, 3.8) is 0 Å². The van der Waals surface area contributed by atoms with Gasteiger partial charge in [-0.3, -0.25) is 9.59 Å². The molecule has 0 aromatic heterocycles. The molecule has 1 aromatic rings. The topological polar surface area (TPSA) is 86.7 Å². The molecule has 2 fully saturated rings. The maximum absolute atomic E-state index is 15.0. The van der Waals surface area contributed by atoms with Crippen LogP contribution in [0.15, 0.2) is 30.3 Å². The van der Waals surface area contributed by atoms with E-state index in [4.69, 9.17) is 0 Å². The van der Waals surface area contributed by atoms with Gasteiger partial charge in [-0.25, -0.2) is 14.1 Å². The summed E-state index contributed by atoms with van der Waals surface area (Å²) in [6.45, 7) is 1.02. The van der Waals surface area contributed by atoms with Gasteiger partial charge in [-0.15, -0.1) is 0 Å². The first-order chi connectivity index (χ1) is 10.8. The summed E-state index contributed by atoms with van der Waals surface area (Å²) >= 11 is 0. The summed E-state index contributed by atoms with van der Waals surface area (Å²) in [7, 11) is 0. The highest BCUT2D eigenvalue weighted by atomic mass is 19.1. The standard InChI is InChI=1S/C16H17FN2O4/c1-16(17)12(18-13(20)10-7-8-10)11(9-5-3-2-4-6-9)19(14(16)21)15(22)23/h2-6,10-12H,7-8H2,1H3,(H,18,20)(H,22,23)/t11-,12-,16?/m1/s1. The molecule has 1 saturated heterocycles. The zero-order valence-electron chi connectivity index (χ0n) is 12.5. The molecule has 7 heteroatoms. The van der Waals surface area contributed by atoms with E-state index < -0.39 is 29.8 Å². The molecular formula is C16H17FN2O4. The minimum atomic E-state index is -2.48. The highest BCUT2D eigenvalue weighted by Gasteiger charge is 2.61.